The van der Waals surface area contributed by atoms with Gasteiger partial charge in [-0.25, -0.2) is 4.79 Å². The highest BCUT2D eigenvalue weighted by molar-refractivity contribution is 5.94. The summed E-state index contributed by atoms with van der Waals surface area (Å²) in [5.41, 5.74) is 2.76. The molecule has 2 aliphatic rings. The zero-order valence-electron chi connectivity index (χ0n) is 26.4. The zero-order valence-corrected chi connectivity index (χ0v) is 26.4. The Hall–Kier alpha value is -3.76. The number of aryl methyl sites for hydroxylation is 1. The molecule has 1 heterocycles. The van der Waals surface area contributed by atoms with E-state index in [2.05, 4.69) is 28.1 Å². The van der Waals surface area contributed by atoms with Crippen LogP contribution in [0.4, 0.5) is 0 Å². The number of carbonyl (C=O) groups excluding carboxylic acids is 3. The Morgan fingerprint density at radius 1 is 1.05 bits per heavy atom. The molecular weight excluding hydrogens is 560 g/mol. The lowest BCUT2D eigenvalue weighted by Gasteiger charge is -2.43. The fourth-order valence-corrected chi connectivity index (χ4v) is 5.94. The van der Waals surface area contributed by atoms with Gasteiger partial charge in [-0.2, -0.15) is 0 Å². The second-order valence-corrected chi connectivity index (χ2v) is 13.0. The minimum Gasteiger partial charge on any atom is -0.478 e. The number of carboxylic acid groups (broad SMARTS) is 1. The summed E-state index contributed by atoms with van der Waals surface area (Å²) in [6.07, 6.45) is 3.28. The summed E-state index contributed by atoms with van der Waals surface area (Å²) in [5, 5.41) is 18.3. The van der Waals surface area contributed by atoms with E-state index in [1.165, 1.54) is 17.7 Å². The summed E-state index contributed by atoms with van der Waals surface area (Å²) < 4.78 is 6.22. The first-order chi connectivity index (χ1) is 20.9. The number of rotatable bonds is 10. The van der Waals surface area contributed by atoms with Crippen LogP contribution in [0.25, 0.3) is 0 Å². The summed E-state index contributed by atoms with van der Waals surface area (Å²) in [6, 6.07) is 12.4. The predicted octanol–water partition coefficient (Wildman–Crippen LogP) is 3.59. The van der Waals surface area contributed by atoms with Crippen molar-refractivity contribution in [3.05, 3.63) is 70.8 Å². The van der Waals surface area contributed by atoms with Crippen LogP contribution >= 0.6 is 0 Å². The number of benzene rings is 2. The number of piperidine rings is 1. The summed E-state index contributed by atoms with van der Waals surface area (Å²) in [7, 11) is 1.69. The molecule has 44 heavy (non-hydrogen) atoms. The number of nitrogens with one attached hydrogen (secondary N) is 3. The van der Waals surface area contributed by atoms with E-state index in [-0.39, 0.29) is 42.0 Å². The fourth-order valence-electron chi connectivity index (χ4n) is 5.94. The van der Waals surface area contributed by atoms with E-state index in [0.717, 1.165) is 30.4 Å². The molecule has 10 heteroatoms. The van der Waals surface area contributed by atoms with Crippen molar-refractivity contribution in [3.8, 4) is 0 Å². The van der Waals surface area contributed by atoms with Crippen LogP contribution in [0.3, 0.4) is 0 Å². The molecule has 5 atom stereocenters. The van der Waals surface area contributed by atoms with Crippen LogP contribution in [0.2, 0.25) is 0 Å². The van der Waals surface area contributed by atoms with Crippen LogP contribution in [0, 0.1) is 5.41 Å². The highest BCUT2D eigenvalue weighted by Crippen LogP contribution is 2.31. The van der Waals surface area contributed by atoms with Crippen LogP contribution in [0.5, 0.6) is 0 Å². The van der Waals surface area contributed by atoms with Crippen molar-refractivity contribution in [2.24, 2.45) is 5.41 Å². The topological polar surface area (TPSA) is 137 Å². The van der Waals surface area contributed by atoms with Gasteiger partial charge in [0.05, 0.1) is 30.4 Å². The van der Waals surface area contributed by atoms with Gasteiger partial charge in [0, 0.05) is 13.0 Å². The first kappa shape index (κ1) is 33.1. The van der Waals surface area contributed by atoms with E-state index in [4.69, 9.17) is 4.74 Å². The SMILES string of the molecule is CN[C@@H](C)C(=O)N[C@H](C(=O)N1CC[C@@H](OCc2ccc(C(=O)O)cc2)C[C@H]1C(=O)N[C@@H]1CCCc2ccccc21)C(C)(C)C. The van der Waals surface area contributed by atoms with E-state index in [1.807, 2.05) is 32.9 Å². The van der Waals surface area contributed by atoms with Crippen LogP contribution in [0.15, 0.2) is 48.5 Å². The molecule has 0 unspecified atom stereocenters. The maximum Gasteiger partial charge on any atom is 0.335 e. The molecule has 0 spiro atoms. The molecule has 0 saturated carbocycles. The van der Waals surface area contributed by atoms with Crippen molar-refractivity contribution < 1.29 is 29.0 Å². The number of likely N-dealkylation sites (tertiary alicyclic amines) is 1. The molecule has 1 aliphatic heterocycles. The lowest BCUT2D eigenvalue weighted by Crippen LogP contribution is -2.63. The number of likely N-dealkylation sites (N-methyl/N-ethyl adjacent to an activating group) is 1. The molecule has 1 aliphatic carbocycles. The molecule has 0 aromatic heterocycles. The van der Waals surface area contributed by atoms with E-state index >= 15 is 0 Å². The molecule has 2 aromatic carbocycles. The van der Waals surface area contributed by atoms with Gasteiger partial charge in [-0.3, -0.25) is 14.4 Å². The quantitative estimate of drug-likeness (QED) is 0.324. The number of hydrogen-bond donors (Lipinski definition) is 4. The highest BCUT2D eigenvalue weighted by atomic mass is 16.5. The van der Waals surface area contributed by atoms with Crippen LogP contribution < -0.4 is 16.0 Å². The minimum absolute atomic E-state index is 0.145. The largest absolute Gasteiger partial charge is 0.478 e. The van der Waals surface area contributed by atoms with Crippen molar-refractivity contribution in [2.45, 2.75) is 96.7 Å². The van der Waals surface area contributed by atoms with Gasteiger partial charge in [0.1, 0.15) is 12.1 Å². The Bertz CT molecular complexity index is 1340. The standard InChI is InChI=1S/C34H46N4O6/c1-21(35-5)30(39)37-29(34(2,3)4)32(41)38-18-17-25(44-20-22-13-15-24(16-14-22)33(42)43)19-28(38)31(40)36-27-12-8-10-23-9-6-7-11-26(23)27/h6-7,9,11,13-16,21,25,27-29,35H,8,10,12,17-20H2,1-5H3,(H,36,40)(H,37,39)(H,42,43)/t21-,25+,27+,28-,29+/m0/s1. The molecule has 10 nitrogen and oxygen atoms in total. The Morgan fingerprint density at radius 3 is 2.41 bits per heavy atom. The van der Waals surface area contributed by atoms with Gasteiger partial charge in [0.2, 0.25) is 17.7 Å². The molecule has 0 radical (unpaired) electrons. The van der Waals surface area contributed by atoms with E-state index in [1.54, 1.807) is 31.0 Å². The van der Waals surface area contributed by atoms with E-state index in [9.17, 15) is 24.3 Å². The van der Waals surface area contributed by atoms with Crippen molar-refractivity contribution in [1.82, 2.24) is 20.9 Å². The van der Waals surface area contributed by atoms with Gasteiger partial charge in [-0.15, -0.1) is 0 Å². The number of amides is 3. The second-order valence-electron chi connectivity index (χ2n) is 13.0. The first-order valence-electron chi connectivity index (χ1n) is 15.5. The van der Waals surface area contributed by atoms with Crippen molar-refractivity contribution >= 4 is 23.7 Å². The van der Waals surface area contributed by atoms with Crippen LogP contribution in [-0.2, 0) is 32.1 Å². The molecule has 4 N–H and O–H groups in total. The van der Waals surface area contributed by atoms with Gasteiger partial charge >= 0.3 is 5.97 Å². The second kappa shape index (κ2) is 14.3. The molecular formula is C34H46N4O6. The summed E-state index contributed by atoms with van der Waals surface area (Å²) in [6.45, 7) is 7.99. The smallest absolute Gasteiger partial charge is 0.335 e. The first-order valence-corrected chi connectivity index (χ1v) is 15.5. The minimum atomic E-state index is -0.992. The third kappa shape index (κ3) is 8.04. The highest BCUT2D eigenvalue weighted by Gasteiger charge is 2.43. The molecule has 0 bridgehead atoms. The normalized spacial score (nSPS) is 21.5. The number of hydrogen-bond acceptors (Lipinski definition) is 6. The lowest BCUT2D eigenvalue weighted by molar-refractivity contribution is -0.151. The summed E-state index contributed by atoms with van der Waals surface area (Å²) >= 11 is 0. The zero-order chi connectivity index (χ0) is 32.0. The van der Waals surface area contributed by atoms with Gasteiger partial charge < -0.3 is 30.7 Å². The van der Waals surface area contributed by atoms with Crippen LogP contribution in [0.1, 0.15) is 86.5 Å². The van der Waals surface area contributed by atoms with Crippen molar-refractivity contribution in [1.29, 1.82) is 0 Å². The molecule has 4 rings (SSSR count). The number of carbonyl (C=O) groups is 4. The Balaban J connectivity index is 1.55. The molecule has 1 fully saturated rings. The Labute approximate surface area is 259 Å². The average Bonchev–Trinajstić information content (AvgIpc) is 3.01. The molecule has 238 valence electrons. The third-order valence-corrected chi connectivity index (χ3v) is 8.74. The maximum absolute atomic E-state index is 14.2. The van der Waals surface area contributed by atoms with Gasteiger partial charge in [-0.05, 0) is 73.9 Å². The van der Waals surface area contributed by atoms with Crippen molar-refractivity contribution in [2.75, 3.05) is 13.6 Å². The Kier molecular flexibility index (Phi) is 10.8. The van der Waals surface area contributed by atoms with E-state index in [0.29, 0.717) is 19.4 Å². The molecule has 1 saturated heterocycles. The number of ether oxygens (including phenoxy) is 1. The monoisotopic (exact) mass is 606 g/mol. The third-order valence-electron chi connectivity index (χ3n) is 8.74. The Morgan fingerprint density at radius 2 is 1.75 bits per heavy atom. The predicted molar refractivity (Wildman–Crippen MR) is 167 cm³/mol. The lowest BCUT2D eigenvalue weighted by atomic mass is 9.84. The van der Waals surface area contributed by atoms with E-state index < -0.39 is 29.5 Å². The molecule has 2 aromatic rings. The number of fused-ring (bicyclic) bond motifs is 1. The maximum atomic E-state index is 14.2. The number of nitrogens with zero attached hydrogens (tertiary/aromatic N) is 1. The van der Waals surface area contributed by atoms with Crippen LogP contribution in [-0.4, -0.2) is 71.5 Å². The average molecular weight is 607 g/mol. The number of carboxylic acids is 1. The molecule has 3 amide bonds. The van der Waals surface area contributed by atoms with Crippen molar-refractivity contribution in [3.63, 3.8) is 0 Å². The van der Waals surface area contributed by atoms with Gasteiger partial charge in [-0.1, -0.05) is 57.2 Å². The fraction of sp³-hybridized carbons (Fsp3) is 0.529. The van der Waals surface area contributed by atoms with Gasteiger partial charge in [0.15, 0.2) is 0 Å². The summed E-state index contributed by atoms with van der Waals surface area (Å²) in [4.78, 5) is 53.9. The van der Waals surface area contributed by atoms with Gasteiger partial charge in [0.25, 0.3) is 0 Å². The summed E-state index contributed by atoms with van der Waals surface area (Å²) in [5.74, 6) is -1.80. The number of aromatic carboxylic acids is 1.